The molecule has 1 amide bonds. The molecule has 1 aliphatic heterocycles. The Morgan fingerprint density at radius 2 is 1.95 bits per heavy atom. The van der Waals surface area contributed by atoms with E-state index in [0.29, 0.717) is 26.3 Å². The summed E-state index contributed by atoms with van der Waals surface area (Å²) in [5, 5.41) is 0. The van der Waals surface area contributed by atoms with E-state index in [1.54, 1.807) is 0 Å². The standard InChI is InChI=1S/C16H25N3O2/c1-4-19(16(20)14-10-21-11-15(14)17)9-12-5-7-13(8-6-12)18(2)3/h5-8,14-15H,4,9-11,17H2,1-3H3. The fourth-order valence-electron chi connectivity index (χ4n) is 2.53. The van der Waals surface area contributed by atoms with Crippen molar-refractivity contribution >= 4 is 11.6 Å². The van der Waals surface area contributed by atoms with E-state index in [4.69, 9.17) is 10.5 Å². The van der Waals surface area contributed by atoms with Gasteiger partial charge in [0, 0.05) is 38.9 Å². The molecule has 5 heteroatoms. The lowest BCUT2D eigenvalue weighted by Gasteiger charge is -2.25. The predicted octanol–water partition coefficient (Wildman–Crippen LogP) is 1.07. The average molecular weight is 291 g/mol. The molecule has 1 fully saturated rings. The highest BCUT2D eigenvalue weighted by Gasteiger charge is 2.33. The van der Waals surface area contributed by atoms with Gasteiger partial charge in [-0.3, -0.25) is 4.79 Å². The van der Waals surface area contributed by atoms with Crippen molar-refractivity contribution < 1.29 is 9.53 Å². The lowest BCUT2D eigenvalue weighted by molar-refractivity contribution is -0.136. The maximum absolute atomic E-state index is 12.5. The van der Waals surface area contributed by atoms with Crippen molar-refractivity contribution in [2.24, 2.45) is 11.7 Å². The molecule has 0 bridgehead atoms. The van der Waals surface area contributed by atoms with Crippen LogP contribution in [0.15, 0.2) is 24.3 Å². The molecule has 1 aliphatic rings. The third-order valence-electron chi connectivity index (χ3n) is 3.96. The normalized spacial score (nSPS) is 21.3. The maximum Gasteiger partial charge on any atom is 0.229 e. The fraction of sp³-hybridized carbons (Fsp3) is 0.562. The molecule has 0 radical (unpaired) electrons. The summed E-state index contributed by atoms with van der Waals surface area (Å²) in [5.74, 6) is -0.106. The smallest absolute Gasteiger partial charge is 0.229 e. The van der Waals surface area contributed by atoms with Crippen LogP contribution in [0.5, 0.6) is 0 Å². The van der Waals surface area contributed by atoms with Gasteiger partial charge < -0.3 is 20.3 Å². The molecule has 1 aromatic carbocycles. The molecular formula is C16H25N3O2. The summed E-state index contributed by atoms with van der Waals surface area (Å²) in [5.41, 5.74) is 8.22. The van der Waals surface area contributed by atoms with Gasteiger partial charge in [0.25, 0.3) is 0 Å². The second-order valence-corrected chi connectivity index (χ2v) is 5.72. The van der Waals surface area contributed by atoms with E-state index in [-0.39, 0.29) is 17.9 Å². The summed E-state index contributed by atoms with van der Waals surface area (Å²) in [6, 6.07) is 8.09. The molecule has 1 saturated heterocycles. The third-order valence-corrected chi connectivity index (χ3v) is 3.96. The minimum Gasteiger partial charge on any atom is -0.379 e. The molecule has 0 saturated carbocycles. The lowest BCUT2D eigenvalue weighted by Crippen LogP contribution is -2.43. The van der Waals surface area contributed by atoms with Crippen LogP contribution in [0.4, 0.5) is 5.69 Å². The first-order chi connectivity index (χ1) is 10.0. The number of hydrogen-bond donors (Lipinski definition) is 1. The van der Waals surface area contributed by atoms with Crippen LogP contribution in [0.1, 0.15) is 12.5 Å². The topological polar surface area (TPSA) is 58.8 Å². The number of carbonyl (C=O) groups is 1. The Bertz CT molecular complexity index is 473. The fourth-order valence-corrected chi connectivity index (χ4v) is 2.53. The zero-order chi connectivity index (χ0) is 15.4. The summed E-state index contributed by atoms with van der Waals surface area (Å²) < 4.78 is 5.30. The second kappa shape index (κ2) is 6.91. The molecule has 1 aromatic rings. The van der Waals surface area contributed by atoms with E-state index in [9.17, 15) is 4.79 Å². The first kappa shape index (κ1) is 15.8. The van der Waals surface area contributed by atoms with Gasteiger partial charge in [0.05, 0.1) is 19.1 Å². The molecule has 2 atom stereocenters. The molecule has 0 aromatic heterocycles. The van der Waals surface area contributed by atoms with Crippen LogP contribution in [-0.2, 0) is 16.1 Å². The Balaban J connectivity index is 2.03. The van der Waals surface area contributed by atoms with Crippen molar-refractivity contribution in [3.05, 3.63) is 29.8 Å². The molecule has 0 spiro atoms. The SMILES string of the molecule is CCN(Cc1ccc(N(C)C)cc1)C(=O)C1COCC1N. The van der Waals surface area contributed by atoms with Gasteiger partial charge in [-0.15, -0.1) is 0 Å². The number of nitrogens with two attached hydrogens (primary N) is 1. The minimum absolute atomic E-state index is 0.0965. The van der Waals surface area contributed by atoms with Gasteiger partial charge in [0.1, 0.15) is 0 Å². The Kier molecular flexibility index (Phi) is 5.20. The van der Waals surface area contributed by atoms with Crippen molar-refractivity contribution in [3.63, 3.8) is 0 Å². The number of nitrogens with zero attached hydrogens (tertiary/aromatic N) is 2. The van der Waals surface area contributed by atoms with Crippen molar-refractivity contribution in [1.82, 2.24) is 4.90 Å². The van der Waals surface area contributed by atoms with Crippen LogP contribution in [0.2, 0.25) is 0 Å². The highest BCUT2D eigenvalue weighted by atomic mass is 16.5. The Morgan fingerprint density at radius 1 is 1.29 bits per heavy atom. The van der Waals surface area contributed by atoms with Crippen LogP contribution >= 0.6 is 0 Å². The molecule has 116 valence electrons. The van der Waals surface area contributed by atoms with Crippen LogP contribution in [0.25, 0.3) is 0 Å². The number of anilines is 1. The highest BCUT2D eigenvalue weighted by molar-refractivity contribution is 5.80. The third kappa shape index (κ3) is 3.74. The Hall–Kier alpha value is -1.59. The van der Waals surface area contributed by atoms with Gasteiger partial charge in [0.15, 0.2) is 0 Å². The first-order valence-electron chi connectivity index (χ1n) is 7.41. The number of amides is 1. The first-order valence-corrected chi connectivity index (χ1v) is 7.41. The van der Waals surface area contributed by atoms with E-state index in [0.717, 1.165) is 11.3 Å². The van der Waals surface area contributed by atoms with Crippen molar-refractivity contribution in [2.45, 2.75) is 19.5 Å². The molecule has 2 rings (SSSR count). The molecule has 5 nitrogen and oxygen atoms in total. The van der Waals surface area contributed by atoms with E-state index in [1.807, 2.05) is 25.9 Å². The van der Waals surface area contributed by atoms with E-state index in [2.05, 4.69) is 29.2 Å². The van der Waals surface area contributed by atoms with Gasteiger partial charge in [-0.2, -0.15) is 0 Å². The number of carbonyl (C=O) groups excluding carboxylic acids is 1. The lowest BCUT2D eigenvalue weighted by atomic mass is 10.0. The number of ether oxygens (including phenoxy) is 1. The molecule has 0 aliphatic carbocycles. The van der Waals surface area contributed by atoms with Crippen LogP contribution in [-0.4, -0.2) is 50.7 Å². The van der Waals surface area contributed by atoms with Gasteiger partial charge in [0.2, 0.25) is 5.91 Å². The van der Waals surface area contributed by atoms with Gasteiger partial charge in [-0.1, -0.05) is 12.1 Å². The Morgan fingerprint density at radius 3 is 2.43 bits per heavy atom. The summed E-state index contributed by atoms with van der Waals surface area (Å²) in [4.78, 5) is 16.4. The van der Waals surface area contributed by atoms with E-state index < -0.39 is 0 Å². The molecule has 21 heavy (non-hydrogen) atoms. The van der Waals surface area contributed by atoms with E-state index >= 15 is 0 Å². The minimum atomic E-state index is -0.203. The number of benzene rings is 1. The average Bonchev–Trinajstić information content (AvgIpc) is 2.90. The predicted molar refractivity (Wildman–Crippen MR) is 84.1 cm³/mol. The largest absolute Gasteiger partial charge is 0.379 e. The van der Waals surface area contributed by atoms with Crippen molar-refractivity contribution in [1.29, 1.82) is 0 Å². The van der Waals surface area contributed by atoms with Crippen molar-refractivity contribution in [2.75, 3.05) is 38.8 Å². The quantitative estimate of drug-likeness (QED) is 0.882. The number of rotatable bonds is 5. The number of hydrogen-bond acceptors (Lipinski definition) is 4. The zero-order valence-electron chi connectivity index (χ0n) is 13.1. The summed E-state index contributed by atoms with van der Waals surface area (Å²) in [7, 11) is 4.02. The maximum atomic E-state index is 12.5. The van der Waals surface area contributed by atoms with Gasteiger partial charge in [-0.05, 0) is 24.6 Å². The van der Waals surface area contributed by atoms with Crippen LogP contribution in [0, 0.1) is 5.92 Å². The molecule has 1 heterocycles. The van der Waals surface area contributed by atoms with Crippen molar-refractivity contribution in [3.8, 4) is 0 Å². The molecule has 2 unspecified atom stereocenters. The summed E-state index contributed by atoms with van der Waals surface area (Å²) >= 11 is 0. The summed E-state index contributed by atoms with van der Waals surface area (Å²) in [6.07, 6.45) is 0. The highest BCUT2D eigenvalue weighted by Crippen LogP contribution is 2.18. The molecular weight excluding hydrogens is 266 g/mol. The van der Waals surface area contributed by atoms with E-state index in [1.165, 1.54) is 0 Å². The zero-order valence-corrected chi connectivity index (χ0v) is 13.1. The van der Waals surface area contributed by atoms with Crippen LogP contribution < -0.4 is 10.6 Å². The Labute approximate surface area is 126 Å². The van der Waals surface area contributed by atoms with Gasteiger partial charge in [-0.25, -0.2) is 0 Å². The molecule has 2 N–H and O–H groups in total. The second-order valence-electron chi connectivity index (χ2n) is 5.72. The summed E-state index contributed by atoms with van der Waals surface area (Å²) in [6.45, 7) is 4.21. The van der Waals surface area contributed by atoms with Crippen LogP contribution in [0.3, 0.4) is 0 Å². The van der Waals surface area contributed by atoms with Gasteiger partial charge >= 0.3 is 0 Å². The monoisotopic (exact) mass is 291 g/mol.